The van der Waals surface area contributed by atoms with Crippen LogP contribution in [-0.4, -0.2) is 29.2 Å². The topological polar surface area (TPSA) is 92.7 Å². The van der Waals surface area contributed by atoms with E-state index in [1.54, 1.807) is 24.3 Å². The quantitative estimate of drug-likeness (QED) is 0.601. The Morgan fingerprint density at radius 1 is 1.33 bits per heavy atom. The molecule has 1 saturated heterocycles. The van der Waals surface area contributed by atoms with Gasteiger partial charge in [0.2, 0.25) is 0 Å². The van der Waals surface area contributed by atoms with Crippen molar-refractivity contribution in [1.29, 1.82) is 0 Å². The molecule has 0 aliphatic carbocycles. The van der Waals surface area contributed by atoms with Crippen LogP contribution in [0.4, 0.5) is 4.79 Å². The molecule has 0 radical (unpaired) electrons. The third-order valence-electron chi connectivity index (χ3n) is 2.74. The average molecular weight is 249 g/mol. The Morgan fingerprint density at radius 2 is 2.00 bits per heavy atom. The minimum Gasteiger partial charge on any atom is -0.481 e. The fourth-order valence-corrected chi connectivity index (χ4v) is 1.85. The van der Waals surface area contributed by atoms with Crippen molar-refractivity contribution in [2.75, 3.05) is 0 Å². The van der Waals surface area contributed by atoms with Gasteiger partial charge in [0.05, 0.1) is 5.92 Å². The molecule has 6 heteroatoms. The first-order valence-electron chi connectivity index (χ1n) is 5.37. The van der Waals surface area contributed by atoms with E-state index in [-0.39, 0.29) is 6.42 Å². The van der Waals surface area contributed by atoms with Gasteiger partial charge < -0.3 is 15.2 Å². The average Bonchev–Trinajstić information content (AvgIpc) is 2.66. The normalized spacial score (nSPS) is 20.1. The van der Waals surface area contributed by atoms with Gasteiger partial charge in [0.15, 0.2) is 0 Å². The highest BCUT2D eigenvalue weighted by atomic mass is 16.6. The van der Waals surface area contributed by atoms with Gasteiger partial charge in [0.25, 0.3) is 0 Å². The van der Waals surface area contributed by atoms with Crippen molar-refractivity contribution in [1.82, 2.24) is 5.32 Å². The number of aliphatic carboxylic acids is 1. The van der Waals surface area contributed by atoms with Crippen molar-refractivity contribution < 1.29 is 24.2 Å². The number of cyclic esters (lactones) is 2. The summed E-state index contributed by atoms with van der Waals surface area (Å²) in [7, 11) is 0. The van der Waals surface area contributed by atoms with Gasteiger partial charge in [0.1, 0.15) is 6.04 Å². The van der Waals surface area contributed by atoms with Gasteiger partial charge in [0, 0.05) is 0 Å². The monoisotopic (exact) mass is 249 g/mol. The van der Waals surface area contributed by atoms with E-state index in [2.05, 4.69) is 10.1 Å². The first-order chi connectivity index (χ1) is 8.58. The molecular formula is C12H11NO5. The Bertz CT molecular complexity index is 485. The molecule has 1 aromatic carbocycles. The van der Waals surface area contributed by atoms with Crippen molar-refractivity contribution in [3.05, 3.63) is 35.9 Å². The van der Waals surface area contributed by atoms with Crippen LogP contribution in [0.15, 0.2) is 30.3 Å². The number of hydrogen-bond donors (Lipinski definition) is 2. The maximum atomic E-state index is 11.4. The first-order valence-corrected chi connectivity index (χ1v) is 5.37. The number of amides is 1. The number of rotatable bonds is 4. The van der Waals surface area contributed by atoms with Crippen LogP contribution in [0.1, 0.15) is 5.56 Å². The Morgan fingerprint density at radius 3 is 2.50 bits per heavy atom. The highest BCUT2D eigenvalue weighted by molar-refractivity contribution is 5.98. The van der Waals surface area contributed by atoms with E-state index < -0.39 is 30.0 Å². The summed E-state index contributed by atoms with van der Waals surface area (Å²) in [5, 5.41) is 11.4. The second kappa shape index (κ2) is 4.87. The number of carboxylic acid groups (broad SMARTS) is 1. The lowest BCUT2D eigenvalue weighted by Gasteiger charge is -2.15. The summed E-state index contributed by atoms with van der Waals surface area (Å²) in [5.41, 5.74) is 0.777. The lowest BCUT2D eigenvalue weighted by Crippen LogP contribution is -2.41. The van der Waals surface area contributed by atoms with Crippen molar-refractivity contribution in [2.24, 2.45) is 5.92 Å². The Labute approximate surface area is 103 Å². The number of ether oxygens (including phenoxy) is 1. The number of carboxylic acids is 1. The number of carbonyl (C=O) groups is 3. The fraction of sp³-hybridized carbons (Fsp3) is 0.250. The van der Waals surface area contributed by atoms with Crippen molar-refractivity contribution in [3.8, 4) is 0 Å². The molecule has 0 bridgehead atoms. The molecule has 1 heterocycles. The summed E-state index contributed by atoms with van der Waals surface area (Å²) in [5.74, 6) is -3.03. The van der Waals surface area contributed by atoms with Gasteiger partial charge in [-0.3, -0.25) is 4.79 Å². The second-order valence-corrected chi connectivity index (χ2v) is 3.97. The van der Waals surface area contributed by atoms with Crippen LogP contribution in [-0.2, 0) is 20.7 Å². The molecule has 2 N–H and O–H groups in total. The maximum absolute atomic E-state index is 11.4. The predicted octanol–water partition coefficient (Wildman–Crippen LogP) is 0.565. The fourth-order valence-electron chi connectivity index (χ4n) is 1.85. The van der Waals surface area contributed by atoms with Gasteiger partial charge in [-0.05, 0) is 12.0 Å². The van der Waals surface area contributed by atoms with Crippen molar-refractivity contribution in [2.45, 2.75) is 12.5 Å². The SMILES string of the molecule is O=C1NC(C(Cc2ccccc2)C(=O)O)C(=O)O1. The lowest BCUT2D eigenvalue weighted by molar-refractivity contribution is -0.147. The summed E-state index contributed by atoms with van der Waals surface area (Å²) in [6, 6.07) is 7.76. The molecular weight excluding hydrogens is 238 g/mol. The number of carbonyl (C=O) groups excluding carboxylic acids is 2. The van der Waals surface area contributed by atoms with Crippen LogP contribution in [0.3, 0.4) is 0 Å². The third kappa shape index (κ3) is 2.48. The van der Waals surface area contributed by atoms with E-state index in [9.17, 15) is 14.4 Å². The van der Waals surface area contributed by atoms with Crippen LogP contribution < -0.4 is 5.32 Å². The molecule has 1 aliphatic heterocycles. The molecule has 2 rings (SSSR count). The summed E-state index contributed by atoms with van der Waals surface area (Å²) >= 11 is 0. The van der Waals surface area contributed by atoms with Crippen LogP contribution in [0, 0.1) is 5.92 Å². The third-order valence-corrected chi connectivity index (χ3v) is 2.74. The highest BCUT2D eigenvalue weighted by Gasteiger charge is 2.42. The smallest absolute Gasteiger partial charge is 0.415 e. The molecule has 2 atom stereocenters. The Kier molecular flexibility index (Phi) is 3.27. The van der Waals surface area contributed by atoms with Crippen LogP contribution in [0.25, 0.3) is 0 Å². The molecule has 1 fully saturated rings. The van der Waals surface area contributed by atoms with Crippen molar-refractivity contribution in [3.63, 3.8) is 0 Å². The Balaban J connectivity index is 2.17. The zero-order valence-electron chi connectivity index (χ0n) is 9.33. The summed E-state index contributed by atoms with van der Waals surface area (Å²) in [6.45, 7) is 0. The molecule has 0 aromatic heterocycles. The summed E-state index contributed by atoms with van der Waals surface area (Å²) in [4.78, 5) is 33.4. The minimum atomic E-state index is -1.15. The number of benzene rings is 1. The van der Waals surface area contributed by atoms with Gasteiger partial charge >= 0.3 is 18.0 Å². The van der Waals surface area contributed by atoms with Gasteiger partial charge in [-0.1, -0.05) is 30.3 Å². The van der Waals surface area contributed by atoms with Gasteiger partial charge in [-0.25, -0.2) is 9.59 Å². The van der Waals surface area contributed by atoms with Crippen LogP contribution in [0.2, 0.25) is 0 Å². The lowest BCUT2D eigenvalue weighted by atomic mass is 9.92. The number of hydrogen-bond acceptors (Lipinski definition) is 4. The van der Waals surface area contributed by atoms with Gasteiger partial charge in [-0.2, -0.15) is 0 Å². The number of esters is 1. The standard InChI is InChI=1S/C12H11NO5/c14-10(15)8(6-7-4-2-1-3-5-7)9-11(16)18-12(17)13-9/h1-5,8-9H,6H2,(H,13,17)(H,14,15). The zero-order valence-corrected chi connectivity index (χ0v) is 9.33. The van der Waals surface area contributed by atoms with E-state index in [0.717, 1.165) is 5.56 Å². The molecule has 1 aromatic rings. The van der Waals surface area contributed by atoms with E-state index in [1.165, 1.54) is 0 Å². The largest absolute Gasteiger partial charge is 0.481 e. The van der Waals surface area contributed by atoms with E-state index in [4.69, 9.17) is 5.11 Å². The molecule has 0 saturated carbocycles. The molecule has 18 heavy (non-hydrogen) atoms. The van der Waals surface area contributed by atoms with Crippen molar-refractivity contribution >= 4 is 18.0 Å². The Hall–Kier alpha value is -2.37. The highest BCUT2D eigenvalue weighted by Crippen LogP contribution is 2.17. The number of nitrogens with one attached hydrogen (secondary N) is 1. The molecule has 94 valence electrons. The van der Waals surface area contributed by atoms with Gasteiger partial charge in [-0.15, -0.1) is 0 Å². The van der Waals surface area contributed by atoms with Crippen LogP contribution in [0.5, 0.6) is 0 Å². The molecule has 2 unspecified atom stereocenters. The number of alkyl carbamates (subject to hydrolysis) is 1. The second-order valence-electron chi connectivity index (χ2n) is 3.97. The molecule has 1 aliphatic rings. The van der Waals surface area contributed by atoms with E-state index in [1.807, 2.05) is 6.07 Å². The van der Waals surface area contributed by atoms with E-state index >= 15 is 0 Å². The molecule has 1 amide bonds. The predicted molar refractivity (Wildman–Crippen MR) is 59.7 cm³/mol. The van der Waals surface area contributed by atoms with Crippen LogP contribution >= 0.6 is 0 Å². The minimum absolute atomic E-state index is 0.149. The summed E-state index contributed by atoms with van der Waals surface area (Å²) in [6.07, 6.45) is -0.750. The zero-order chi connectivity index (χ0) is 13.1. The first kappa shape index (κ1) is 12.1. The van der Waals surface area contributed by atoms with E-state index in [0.29, 0.717) is 0 Å². The molecule has 6 nitrogen and oxygen atoms in total. The molecule has 0 spiro atoms. The maximum Gasteiger partial charge on any atom is 0.415 e. The summed E-state index contributed by atoms with van der Waals surface area (Å²) < 4.78 is 4.29.